The van der Waals surface area contributed by atoms with E-state index >= 15 is 0 Å². The number of aryl methyl sites for hydroxylation is 1. The van der Waals surface area contributed by atoms with Crippen LogP contribution in [0.4, 0.5) is 5.69 Å². The lowest BCUT2D eigenvalue weighted by Gasteiger charge is -2.47. The summed E-state index contributed by atoms with van der Waals surface area (Å²) in [4.78, 5) is 15.0. The zero-order valence-corrected chi connectivity index (χ0v) is 17.5. The quantitative estimate of drug-likeness (QED) is 0.749. The predicted molar refractivity (Wildman–Crippen MR) is 113 cm³/mol. The molecule has 0 amide bonds. The highest BCUT2D eigenvalue weighted by molar-refractivity contribution is 5.50. The third-order valence-corrected chi connectivity index (χ3v) is 5.51. The first-order valence-corrected chi connectivity index (χ1v) is 10.3. The van der Waals surface area contributed by atoms with Gasteiger partial charge < -0.3 is 23.7 Å². The van der Waals surface area contributed by atoms with E-state index < -0.39 is 0 Å². The zero-order chi connectivity index (χ0) is 20.4. The second kappa shape index (κ2) is 8.20. The van der Waals surface area contributed by atoms with Crippen molar-refractivity contribution in [2.75, 3.05) is 44.4 Å². The Balaban J connectivity index is 1.39. The van der Waals surface area contributed by atoms with Gasteiger partial charge in [-0.25, -0.2) is 0 Å². The highest BCUT2D eigenvalue weighted by atomic mass is 16.6. The molecule has 0 radical (unpaired) electrons. The lowest BCUT2D eigenvalue weighted by molar-refractivity contribution is -0.101. The Labute approximate surface area is 172 Å². The van der Waals surface area contributed by atoms with Gasteiger partial charge in [0.05, 0.1) is 26.4 Å². The third-order valence-electron chi connectivity index (χ3n) is 5.51. The summed E-state index contributed by atoms with van der Waals surface area (Å²) in [6.45, 7) is 11.4. The van der Waals surface area contributed by atoms with Crippen molar-refractivity contribution in [1.29, 1.82) is 0 Å². The van der Waals surface area contributed by atoms with E-state index in [0.717, 1.165) is 24.3 Å². The first-order chi connectivity index (χ1) is 13.9. The molecule has 3 heterocycles. The monoisotopic (exact) mass is 398 g/mol. The van der Waals surface area contributed by atoms with Crippen molar-refractivity contribution in [3.8, 4) is 5.75 Å². The highest BCUT2D eigenvalue weighted by Gasteiger charge is 2.33. The molecule has 29 heavy (non-hydrogen) atoms. The predicted octanol–water partition coefficient (Wildman–Crippen LogP) is 2.85. The molecule has 0 saturated carbocycles. The van der Waals surface area contributed by atoms with Crippen LogP contribution in [0.5, 0.6) is 5.75 Å². The van der Waals surface area contributed by atoms with Gasteiger partial charge in [0, 0.05) is 30.5 Å². The van der Waals surface area contributed by atoms with Gasteiger partial charge in [-0.1, -0.05) is 26.0 Å². The van der Waals surface area contributed by atoms with E-state index in [2.05, 4.69) is 43.0 Å². The Morgan fingerprint density at radius 3 is 2.52 bits per heavy atom. The van der Waals surface area contributed by atoms with E-state index in [1.807, 2.05) is 13.0 Å². The minimum Gasteiger partial charge on any atom is -0.491 e. The molecular weight excluding hydrogens is 368 g/mol. The van der Waals surface area contributed by atoms with Gasteiger partial charge in [-0.2, -0.15) is 0 Å². The van der Waals surface area contributed by atoms with E-state index in [0.29, 0.717) is 44.1 Å². The second-order valence-electron chi connectivity index (χ2n) is 8.82. The van der Waals surface area contributed by atoms with Crippen LogP contribution in [0.2, 0.25) is 0 Å². The van der Waals surface area contributed by atoms with E-state index in [1.54, 1.807) is 10.6 Å². The van der Waals surface area contributed by atoms with Crippen LogP contribution in [0.15, 0.2) is 41.2 Å². The number of hydrogen-bond donors (Lipinski definition) is 0. The molecule has 0 bridgehead atoms. The molecule has 156 valence electrons. The van der Waals surface area contributed by atoms with Gasteiger partial charge in [0.25, 0.3) is 5.56 Å². The number of pyridine rings is 1. The van der Waals surface area contributed by atoms with Crippen LogP contribution in [0, 0.1) is 12.3 Å². The third kappa shape index (κ3) is 4.82. The minimum atomic E-state index is -0.0815. The standard InChI is InChI=1S/C23H30N2O4/c1-17-10-20(29-14-21-13-27-8-9-28-21)11-22(26)25(17)12-18-4-6-19(7-5-18)24-15-23(2,3)16-24/h4-7,10-11,21H,8-9,12-16H2,1-3H3. The Hall–Kier alpha value is -2.31. The van der Waals surface area contributed by atoms with Crippen molar-refractivity contribution in [2.45, 2.75) is 33.4 Å². The number of nitrogens with zero attached hydrogens (tertiary/aromatic N) is 2. The second-order valence-corrected chi connectivity index (χ2v) is 8.82. The van der Waals surface area contributed by atoms with Crippen LogP contribution in [0.25, 0.3) is 0 Å². The Bertz CT molecular complexity index is 890. The van der Waals surface area contributed by atoms with Crippen molar-refractivity contribution in [2.24, 2.45) is 5.41 Å². The van der Waals surface area contributed by atoms with Crippen LogP contribution in [0.3, 0.4) is 0 Å². The average Bonchev–Trinajstić information content (AvgIpc) is 2.68. The topological polar surface area (TPSA) is 52.9 Å². The molecule has 2 fully saturated rings. The van der Waals surface area contributed by atoms with Crippen LogP contribution in [0.1, 0.15) is 25.1 Å². The van der Waals surface area contributed by atoms with Gasteiger partial charge in [-0.05, 0) is 36.1 Å². The van der Waals surface area contributed by atoms with Gasteiger partial charge in [-0.3, -0.25) is 4.79 Å². The van der Waals surface area contributed by atoms with Crippen molar-refractivity contribution in [3.63, 3.8) is 0 Å². The lowest BCUT2D eigenvalue weighted by atomic mass is 9.84. The molecule has 0 spiro atoms. The molecule has 1 aromatic carbocycles. The molecule has 1 unspecified atom stereocenters. The number of aromatic nitrogens is 1. The maximum absolute atomic E-state index is 12.6. The van der Waals surface area contributed by atoms with Crippen LogP contribution >= 0.6 is 0 Å². The molecule has 0 aliphatic carbocycles. The summed E-state index contributed by atoms with van der Waals surface area (Å²) < 4.78 is 18.5. The van der Waals surface area contributed by atoms with Crippen molar-refractivity contribution in [3.05, 3.63) is 58.0 Å². The first-order valence-electron chi connectivity index (χ1n) is 10.3. The van der Waals surface area contributed by atoms with Crippen molar-refractivity contribution in [1.82, 2.24) is 4.57 Å². The normalized spacial score (nSPS) is 20.9. The van der Waals surface area contributed by atoms with E-state index in [9.17, 15) is 4.79 Å². The SMILES string of the molecule is Cc1cc(OCC2COCCO2)cc(=O)n1Cc1ccc(N2CC(C)(C)C2)cc1. The number of hydrogen-bond acceptors (Lipinski definition) is 5. The summed E-state index contributed by atoms with van der Waals surface area (Å²) >= 11 is 0. The average molecular weight is 399 g/mol. The first kappa shape index (κ1) is 20.0. The highest BCUT2D eigenvalue weighted by Crippen LogP contribution is 2.33. The van der Waals surface area contributed by atoms with Gasteiger partial charge in [0.1, 0.15) is 18.5 Å². The summed E-state index contributed by atoms with van der Waals surface area (Å²) in [6.07, 6.45) is -0.0815. The summed E-state index contributed by atoms with van der Waals surface area (Å²) in [5, 5.41) is 0. The largest absolute Gasteiger partial charge is 0.491 e. The van der Waals surface area contributed by atoms with Gasteiger partial charge in [0.15, 0.2) is 0 Å². The van der Waals surface area contributed by atoms with Crippen molar-refractivity contribution < 1.29 is 14.2 Å². The zero-order valence-electron chi connectivity index (χ0n) is 17.5. The maximum Gasteiger partial charge on any atom is 0.254 e. The number of ether oxygens (including phenoxy) is 3. The maximum atomic E-state index is 12.6. The molecule has 2 aliphatic rings. The number of rotatable bonds is 6. The lowest BCUT2D eigenvalue weighted by Crippen LogP contribution is -2.53. The smallest absolute Gasteiger partial charge is 0.254 e. The molecule has 0 N–H and O–H groups in total. The number of benzene rings is 1. The van der Waals surface area contributed by atoms with Crippen LogP contribution < -0.4 is 15.2 Å². The summed E-state index contributed by atoms with van der Waals surface area (Å²) in [7, 11) is 0. The van der Waals surface area contributed by atoms with E-state index in [4.69, 9.17) is 14.2 Å². The summed E-state index contributed by atoms with van der Waals surface area (Å²) in [5.41, 5.74) is 3.58. The fourth-order valence-corrected chi connectivity index (χ4v) is 3.97. The fourth-order valence-electron chi connectivity index (χ4n) is 3.97. The molecule has 4 rings (SSSR count). The summed E-state index contributed by atoms with van der Waals surface area (Å²) in [5.74, 6) is 0.577. The van der Waals surface area contributed by atoms with E-state index in [1.165, 1.54) is 5.69 Å². The Morgan fingerprint density at radius 2 is 1.90 bits per heavy atom. The molecule has 1 aromatic heterocycles. The minimum absolute atomic E-state index is 0.0608. The molecular formula is C23H30N2O4. The van der Waals surface area contributed by atoms with E-state index in [-0.39, 0.29) is 11.7 Å². The molecule has 2 saturated heterocycles. The molecule has 6 heteroatoms. The van der Waals surface area contributed by atoms with Crippen LogP contribution in [-0.2, 0) is 16.0 Å². The number of anilines is 1. The van der Waals surface area contributed by atoms with Gasteiger partial charge >= 0.3 is 0 Å². The molecule has 6 nitrogen and oxygen atoms in total. The molecule has 2 aliphatic heterocycles. The van der Waals surface area contributed by atoms with Crippen LogP contribution in [-0.4, -0.2) is 50.2 Å². The molecule has 1 atom stereocenters. The molecule has 2 aromatic rings. The van der Waals surface area contributed by atoms with Crippen molar-refractivity contribution >= 4 is 5.69 Å². The Kier molecular flexibility index (Phi) is 5.65. The summed E-state index contributed by atoms with van der Waals surface area (Å²) in [6, 6.07) is 12.0. The van der Waals surface area contributed by atoms with Gasteiger partial charge in [0.2, 0.25) is 0 Å². The Morgan fingerprint density at radius 1 is 1.14 bits per heavy atom. The van der Waals surface area contributed by atoms with Gasteiger partial charge in [-0.15, -0.1) is 0 Å². The fraction of sp³-hybridized carbons (Fsp3) is 0.522.